The van der Waals surface area contributed by atoms with Crippen LogP contribution in [0, 0.1) is 12.3 Å². The van der Waals surface area contributed by atoms with Gasteiger partial charge in [-0.2, -0.15) is 0 Å². The molecule has 0 amide bonds. The molecule has 0 aromatic rings. The maximum Gasteiger partial charge on any atom is 0.114 e. The van der Waals surface area contributed by atoms with Crippen molar-refractivity contribution < 1.29 is 4.39 Å². The summed E-state index contributed by atoms with van der Waals surface area (Å²) >= 11 is 0. The molecular weight excluding hydrogens is 127 g/mol. The molecule has 0 N–H and O–H groups in total. The highest BCUT2D eigenvalue weighted by Gasteiger charge is 2.33. The number of rotatable bonds is 2. The molecule has 10 heavy (non-hydrogen) atoms. The molecule has 0 heterocycles. The summed E-state index contributed by atoms with van der Waals surface area (Å²) in [5.41, 5.74) is -0.909. The van der Waals surface area contributed by atoms with E-state index in [-0.39, 0.29) is 0 Å². The number of alkyl halides is 1. The van der Waals surface area contributed by atoms with Crippen molar-refractivity contribution in [3.05, 3.63) is 6.42 Å². The molecule has 0 aromatic carbocycles. The molecule has 0 unspecified atom stereocenters. The van der Waals surface area contributed by atoms with Gasteiger partial charge in [0.25, 0.3) is 0 Å². The van der Waals surface area contributed by atoms with Crippen LogP contribution in [0.4, 0.5) is 4.39 Å². The van der Waals surface area contributed by atoms with Crippen molar-refractivity contribution in [2.24, 2.45) is 5.92 Å². The molecule has 1 rings (SSSR count). The molecule has 1 radical (unpaired) electrons. The van der Waals surface area contributed by atoms with E-state index in [1.54, 1.807) is 0 Å². The third kappa shape index (κ3) is 1.96. The lowest BCUT2D eigenvalue weighted by Gasteiger charge is -2.20. The van der Waals surface area contributed by atoms with E-state index < -0.39 is 5.67 Å². The predicted molar refractivity (Wildman–Crippen MR) is 41.4 cm³/mol. The van der Waals surface area contributed by atoms with Crippen molar-refractivity contribution in [3.63, 3.8) is 0 Å². The summed E-state index contributed by atoms with van der Waals surface area (Å²) in [6.07, 6.45) is 5.51. The second kappa shape index (κ2) is 2.89. The fourth-order valence-corrected chi connectivity index (χ4v) is 1.73. The van der Waals surface area contributed by atoms with Crippen LogP contribution in [0.2, 0.25) is 0 Å². The van der Waals surface area contributed by atoms with Gasteiger partial charge in [-0.15, -0.1) is 0 Å². The van der Waals surface area contributed by atoms with Crippen LogP contribution >= 0.6 is 0 Å². The molecule has 0 aromatic heterocycles. The lowest BCUT2D eigenvalue weighted by molar-refractivity contribution is 0.200. The Balaban J connectivity index is 2.36. The summed E-state index contributed by atoms with van der Waals surface area (Å²) in [7, 11) is 0. The molecule has 0 saturated heterocycles. The molecule has 0 nitrogen and oxygen atoms in total. The first-order valence-corrected chi connectivity index (χ1v) is 4.17. The summed E-state index contributed by atoms with van der Waals surface area (Å²) in [6.45, 7) is 4.08. The SMILES string of the molecule is CC(C)[CH]C1(F)CCCC1. The van der Waals surface area contributed by atoms with E-state index in [2.05, 4.69) is 0 Å². The lowest BCUT2D eigenvalue weighted by atomic mass is 9.93. The van der Waals surface area contributed by atoms with Crippen molar-refractivity contribution >= 4 is 0 Å². The van der Waals surface area contributed by atoms with Gasteiger partial charge in [0.2, 0.25) is 0 Å². The van der Waals surface area contributed by atoms with Crippen molar-refractivity contribution in [1.82, 2.24) is 0 Å². The maximum absolute atomic E-state index is 13.5. The molecule has 0 atom stereocenters. The Morgan fingerprint density at radius 2 is 1.80 bits per heavy atom. The Labute approximate surface area is 62.8 Å². The molecule has 1 aliphatic carbocycles. The Kier molecular flexibility index (Phi) is 2.32. The molecule has 0 spiro atoms. The number of halogens is 1. The monoisotopic (exact) mass is 143 g/mol. The Morgan fingerprint density at radius 3 is 2.20 bits per heavy atom. The minimum absolute atomic E-state index is 0.392. The van der Waals surface area contributed by atoms with Crippen LogP contribution in [0.25, 0.3) is 0 Å². The molecule has 1 fully saturated rings. The summed E-state index contributed by atoms with van der Waals surface area (Å²) in [4.78, 5) is 0. The molecule has 0 aliphatic heterocycles. The fourth-order valence-electron chi connectivity index (χ4n) is 1.73. The number of hydrogen-bond acceptors (Lipinski definition) is 0. The smallest absolute Gasteiger partial charge is 0.114 e. The molecule has 59 valence electrons. The number of hydrogen-bond donors (Lipinski definition) is 0. The molecule has 1 saturated carbocycles. The van der Waals surface area contributed by atoms with Crippen LogP contribution in [0.1, 0.15) is 39.5 Å². The normalized spacial score (nSPS) is 24.0. The van der Waals surface area contributed by atoms with Gasteiger partial charge in [0.05, 0.1) is 0 Å². The van der Waals surface area contributed by atoms with Crippen LogP contribution in [0.5, 0.6) is 0 Å². The standard InChI is InChI=1S/C9H16F/c1-8(2)7-9(10)5-3-4-6-9/h7-8H,3-6H2,1-2H3. The molecule has 0 bridgehead atoms. The van der Waals surface area contributed by atoms with Crippen molar-refractivity contribution in [2.75, 3.05) is 0 Å². The first kappa shape index (κ1) is 8.03. The summed E-state index contributed by atoms with van der Waals surface area (Å²) < 4.78 is 13.5. The minimum atomic E-state index is -0.909. The zero-order valence-corrected chi connectivity index (χ0v) is 6.86. The van der Waals surface area contributed by atoms with E-state index >= 15 is 0 Å². The highest BCUT2D eigenvalue weighted by molar-refractivity contribution is 4.98. The first-order valence-electron chi connectivity index (χ1n) is 4.17. The largest absolute Gasteiger partial charge is 0.244 e. The van der Waals surface area contributed by atoms with Gasteiger partial charge in [0.15, 0.2) is 0 Å². The molecule has 1 heteroatoms. The van der Waals surface area contributed by atoms with Crippen LogP contribution < -0.4 is 0 Å². The van der Waals surface area contributed by atoms with Gasteiger partial charge < -0.3 is 0 Å². The van der Waals surface area contributed by atoms with Crippen molar-refractivity contribution in [2.45, 2.75) is 45.2 Å². The Morgan fingerprint density at radius 1 is 1.30 bits per heavy atom. The van der Waals surface area contributed by atoms with Crippen molar-refractivity contribution in [3.8, 4) is 0 Å². The molecular formula is C9H16F. The Hall–Kier alpha value is -0.0700. The van der Waals surface area contributed by atoms with Crippen LogP contribution in [-0.2, 0) is 0 Å². The van der Waals surface area contributed by atoms with E-state index in [4.69, 9.17) is 0 Å². The summed E-state index contributed by atoms with van der Waals surface area (Å²) in [5, 5.41) is 0. The Bertz CT molecular complexity index is 101. The third-order valence-corrected chi connectivity index (χ3v) is 2.07. The van der Waals surface area contributed by atoms with Crippen LogP contribution in [0.3, 0.4) is 0 Å². The fraction of sp³-hybridized carbons (Fsp3) is 0.889. The lowest BCUT2D eigenvalue weighted by Crippen LogP contribution is -2.20. The van der Waals surface area contributed by atoms with E-state index in [0.717, 1.165) is 25.7 Å². The molecule has 1 aliphatic rings. The quantitative estimate of drug-likeness (QED) is 0.557. The third-order valence-electron chi connectivity index (χ3n) is 2.07. The van der Waals surface area contributed by atoms with E-state index in [1.165, 1.54) is 0 Å². The van der Waals surface area contributed by atoms with E-state index in [1.807, 2.05) is 20.3 Å². The predicted octanol–water partition coefficient (Wildman–Crippen LogP) is 3.13. The van der Waals surface area contributed by atoms with Crippen LogP contribution in [0.15, 0.2) is 0 Å². The second-order valence-electron chi connectivity index (χ2n) is 3.65. The highest BCUT2D eigenvalue weighted by atomic mass is 19.1. The zero-order chi connectivity index (χ0) is 7.61. The highest BCUT2D eigenvalue weighted by Crippen LogP contribution is 2.37. The minimum Gasteiger partial charge on any atom is -0.244 e. The van der Waals surface area contributed by atoms with Gasteiger partial charge in [-0.1, -0.05) is 26.7 Å². The van der Waals surface area contributed by atoms with E-state index in [0.29, 0.717) is 5.92 Å². The average Bonchev–Trinajstić information content (AvgIpc) is 2.12. The average molecular weight is 143 g/mol. The van der Waals surface area contributed by atoms with Gasteiger partial charge in [-0.25, -0.2) is 4.39 Å². The maximum atomic E-state index is 13.5. The first-order chi connectivity index (χ1) is 4.62. The van der Waals surface area contributed by atoms with E-state index in [9.17, 15) is 4.39 Å². The van der Waals surface area contributed by atoms with Gasteiger partial charge in [-0.3, -0.25) is 0 Å². The summed E-state index contributed by atoms with van der Waals surface area (Å²) in [5.74, 6) is 0.392. The van der Waals surface area contributed by atoms with Crippen LogP contribution in [-0.4, -0.2) is 5.67 Å². The van der Waals surface area contributed by atoms with Gasteiger partial charge >= 0.3 is 0 Å². The van der Waals surface area contributed by atoms with Gasteiger partial charge in [0.1, 0.15) is 5.67 Å². The second-order valence-corrected chi connectivity index (χ2v) is 3.65. The summed E-state index contributed by atoms with van der Waals surface area (Å²) in [6, 6.07) is 0. The van der Waals surface area contributed by atoms with Crippen molar-refractivity contribution in [1.29, 1.82) is 0 Å². The van der Waals surface area contributed by atoms with Gasteiger partial charge in [-0.05, 0) is 18.8 Å². The zero-order valence-electron chi connectivity index (χ0n) is 6.86. The topological polar surface area (TPSA) is 0 Å². The van der Waals surface area contributed by atoms with Gasteiger partial charge in [0, 0.05) is 6.42 Å².